The van der Waals surface area contributed by atoms with Gasteiger partial charge in [-0.15, -0.1) is 0 Å². The Labute approximate surface area is 116 Å². The Morgan fingerprint density at radius 2 is 2.10 bits per heavy atom. The molecule has 1 aromatic heterocycles. The van der Waals surface area contributed by atoms with Crippen molar-refractivity contribution in [3.05, 3.63) is 29.6 Å². The molecule has 0 saturated carbocycles. The Morgan fingerprint density at radius 1 is 1.45 bits per heavy atom. The van der Waals surface area contributed by atoms with Crippen LogP contribution in [0, 0.1) is 11.3 Å². The number of imide groups is 1. The summed E-state index contributed by atoms with van der Waals surface area (Å²) in [7, 11) is 0. The molecule has 0 aliphatic rings. The highest BCUT2D eigenvalue weighted by Crippen LogP contribution is 2.12. The Bertz CT molecular complexity index is 540. The van der Waals surface area contributed by atoms with Crippen LogP contribution in [0.1, 0.15) is 32.0 Å². The summed E-state index contributed by atoms with van der Waals surface area (Å²) < 4.78 is 5.00. The van der Waals surface area contributed by atoms with Crippen LogP contribution in [0.4, 0.5) is 9.59 Å². The summed E-state index contributed by atoms with van der Waals surface area (Å²) in [6.45, 7) is 4.69. The third-order valence-corrected chi connectivity index (χ3v) is 2.12. The van der Waals surface area contributed by atoms with Gasteiger partial charge < -0.3 is 9.84 Å². The summed E-state index contributed by atoms with van der Waals surface area (Å²) in [5, 5.41) is 17.7. The van der Waals surface area contributed by atoms with Crippen LogP contribution >= 0.6 is 0 Å². The first-order valence-corrected chi connectivity index (χ1v) is 5.81. The molecule has 1 rings (SSSR count). The zero-order chi connectivity index (χ0) is 15.3. The number of nitrogens with zero attached hydrogens (tertiary/aromatic N) is 3. The smallest absolute Gasteiger partial charge is 0.420 e. The number of rotatable bonds is 2. The van der Waals surface area contributed by atoms with Gasteiger partial charge in [-0.2, -0.15) is 5.26 Å². The molecule has 2 amide bonds. The van der Waals surface area contributed by atoms with Gasteiger partial charge in [-0.3, -0.25) is 4.98 Å². The molecule has 0 spiro atoms. The Morgan fingerprint density at radius 3 is 2.50 bits per heavy atom. The second kappa shape index (κ2) is 6.02. The molecule has 1 N–H and O–H groups in total. The fraction of sp³-hybridized carbons (Fsp3) is 0.385. The van der Waals surface area contributed by atoms with Gasteiger partial charge in [0.1, 0.15) is 11.7 Å². The maximum absolute atomic E-state index is 11.8. The standard InChI is InChI=1S/C13H15N3O4/c1-13(2,3)20-12(19)16(11(17)18)8-10-5-4-9(6-14)7-15-10/h4-5,7H,8H2,1-3H3,(H,17,18). The molecule has 0 radical (unpaired) electrons. The first-order chi connectivity index (χ1) is 9.23. The average molecular weight is 277 g/mol. The van der Waals surface area contributed by atoms with Gasteiger partial charge in [0.2, 0.25) is 0 Å². The molecule has 7 heteroatoms. The monoisotopic (exact) mass is 277 g/mol. The topological polar surface area (TPSA) is 104 Å². The number of hydrogen-bond donors (Lipinski definition) is 1. The lowest BCUT2D eigenvalue weighted by Crippen LogP contribution is -2.39. The molecule has 1 heterocycles. The second-order valence-electron chi connectivity index (χ2n) is 5.00. The van der Waals surface area contributed by atoms with Crippen molar-refractivity contribution in [1.82, 2.24) is 9.88 Å². The highest BCUT2D eigenvalue weighted by atomic mass is 16.6. The van der Waals surface area contributed by atoms with Gasteiger partial charge in [0.25, 0.3) is 0 Å². The minimum Gasteiger partial charge on any atom is -0.465 e. The van der Waals surface area contributed by atoms with E-state index < -0.39 is 17.8 Å². The summed E-state index contributed by atoms with van der Waals surface area (Å²) in [6, 6.07) is 4.88. The number of pyridine rings is 1. The number of amides is 2. The number of aromatic nitrogens is 1. The van der Waals surface area contributed by atoms with E-state index in [1.807, 2.05) is 6.07 Å². The highest BCUT2D eigenvalue weighted by molar-refractivity contribution is 5.86. The lowest BCUT2D eigenvalue weighted by atomic mass is 10.2. The Hall–Kier alpha value is -2.62. The Balaban J connectivity index is 2.84. The minimum atomic E-state index is -1.43. The zero-order valence-corrected chi connectivity index (χ0v) is 11.5. The van der Waals surface area contributed by atoms with Crippen LogP contribution in [0.2, 0.25) is 0 Å². The normalized spacial score (nSPS) is 10.5. The largest absolute Gasteiger partial charge is 0.465 e. The molecule has 0 atom stereocenters. The van der Waals surface area contributed by atoms with E-state index in [9.17, 15) is 9.59 Å². The fourth-order valence-electron chi connectivity index (χ4n) is 1.27. The number of ether oxygens (including phenoxy) is 1. The van der Waals surface area contributed by atoms with Crippen LogP contribution in [0.15, 0.2) is 18.3 Å². The summed E-state index contributed by atoms with van der Waals surface area (Å²) in [4.78, 5) is 27.3. The van der Waals surface area contributed by atoms with E-state index in [2.05, 4.69) is 4.98 Å². The number of hydrogen-bond acceptors (Lipinski definition) is 5. The van der Waals surface area contributed by atoms with Gasteiger partial charge in [0.05, 0.1) is 17.8 Å². The van der Waals surface area contributed by atoms with E-state index in [1.165, 1.54) is 18.3 Å². The molecule has 0 aliphatic heterocycles. The van der Waals surface area contributed by atoms with E-state index in [4.69, 9.17) is 15.1 Å². The molecule has 0 aliphatic carbocycles. The fourth-order valence-corrected chi connectivity index (χ4v) is 1.27. The van der Waals surface area contributed by atoms with E-state index >= 15 is 0 Å². The first kappa shape index (κ1) is 15.4. The molecule has 0 bridgehead atoms. The number of carboxylic acid groups (broad SMARTS) is 1. The van der Waals surface area contributed by atoms with Gasteiger partial charge in [0.15, 0.2) is 0 Å². The third-order valence-electron chi connectivity index (χ3n) is 2.12. The summed E-state index contributed by atoms with van der Waals surface area (Å²) >= 11 is 0. The van der Waals surface area contributed by atoms with Gasteiger partial charge in [-0.25, -0.2) is 14.5 Å². The van der Waals surface area contributed by atoms with Crippen LogP contribution in [0.5, 0.6) is 0 Å². The first-order valence-electron chi connectivity index (χ1n) is 5.81. The lowest BCUT2D eigenvalue weighted by Gasteiger charge is -2.24. The quantitative estimate of drug-likeness (QED) is 0.889. The van der Waals surface area contributed by atoms with Gasteiger partial charge in [-0.1, -0.05) is 0 Å². The van der Waals surface area contributed by atoms with Crippen molar-refractivity contribution in [2.45, 2.75) is 32.9 Å². The number of nitriles is 1. The lowest BCUT2D eigenvalue weighted by molar-refractivity contribution is 0.0253. The number of carbonyl (C=O) groups is 2. The molecule has 0 aromatic carbocycles. The second-order valence-corrected chi connectivity index (χ2v) is 5.00. The molecular weight excluding hydrogens is 262 g/mol. The summed E-state index contributed by atoms with van der Waals surface area (Å²) in [6.07, 6.45) is -1.08. The van der Waals surface area contributed by atoms with Crippen molar-refractivity contribution < 1.29 is 19.4 Å². The van der Waals surface area contributed by atoms with E-state index in [-0.39, 0.29) is 6.54 Å². The van der Waals surface area contributed by atoms with E-state index in [0.717, 1.165) is 0 Å². The molecule has 1 aromatic rings. The minimum absolute atomic E-state index is 0.240. The Kier molecular flexibility index (Phi) is 4.64. The summed E-state index contributed by atoms with van der Waals surface area (Å²) in [5.74, 6) is 0. The molecule has 20 heavy (non-hydrogen) atoms. The molecule has 0 fully saturated rings. The van der Waals surface area contributed by atoms with E-state index in [1.54, 1.807) is 20.8 Å². The molecule has 106 valence electrons. The van der Waals surface area contributed by atoms with Crippen LogP contribution in [0.3, 0.4) is 0 Å². The average Bonchev–Trinajstić information content (AvgIpc) is 2.34. The van der Waals surface area contributed by atoms with Crippen molar-refractivity contribution in [2.24, 2.45) is 0 Å². The van der Waals surface area contributed by atoms with Crippen LogP contribution in [0.25, 0.3) is 0 Å². The molecule has 0 unspecified atom stereocenters. The van der Waals surface area contributed by atoms with Gasteiger partial charge >= 0.3 is 12.2 Å². The van der Waals surface area contributed by atoms with Crippen LogP contribution in [-0.2, 0) is 11.3 Å². The van der Waals surface area contributed by atoms with Crippen LogP contribution in [-0.4, -0.2) is 32.8 Å². The predicted molar refractivity (Wildman–Crippen MR) is 68.8 cm³/mol. The van der Waals surface area contributed by atoms with Crippen molar-refractivity contribution in [3.63, 3.8) is 0 Å². The van der Waals surface area contributed by atoms with Gasteiger partial charge in [0, 0.05) is 6.20 Å². The number of carbonyl (C=O) groups excluding carboxylic acids is 1. The maximum atomic E-state index is 11.8. The maximum Gasteiger partial charge on any atom is 0.420 e. The van der Waals surface area contributed by atoms with Crippen molar-refractivity contribution >= 4 is 12.2 Å². The highest BCUT2D eigenvalue weighted by Gasteiger charge is 2.27. The van der Waals surface area contributed by atoms with Gasteiger partial charge in [-0.05, 0) is 32.9 Å². The van der Waals surface area contributed by atoms with Crippen molar-refractivity contribution in [2.75, 3.05) is 0 Å². The third kappa shape index (κ3) is 4.57. The molecule has 0 saturated heterocycles. The molecule has 7 nitrogen and oxygen atoms in total. The SMILES string of the molecule is CC(C)(C)OC(=O)N(Cc1ccc(C#N)cn1)C(=O)O. The van der Waals surface area contributed by atoms with Crippen molar-refractivity contribution in [3.8, 4) is 6.07 Å². The van der Waals surface area contributed by atoms with E-state index in [0.29, 0.717) is 16.2 Å². The molecular formula is C13H15N3O4. The van der Waals surface area contributed by atoms with Crippen molar-refractivity contribution in [1.29, 1.82) is 5.26 Å². The predicted octanol–water partition coefficient (Wildman–Crippen LogP) is 2.37. The van der Waals surface area contributed by atoms with Crippen LogP contribution < -0.4 is 0 Å². The summed E-state index contributed by atoms with van der Waals surface area (Å²) in [5.41, 5.74) is -0.0896. The zero-order valence-electron chi connectivity index (χ0n) is 11.5.